The Balaban J connectivity index is 2.29. The molecule has 0 spiro atoms. The number of hydrogen-bond donors (Lipinski definition) is 4. The van der Waals surface area contributed by atoms with Crippen molar-refractivity contribution in [1.82, 2.24) is 10.6 Å². The molecule has 0 heterocycles. The molecule has 1 saturated carbocycles. The first kappa shape index (κ1) is 36.2. The van der Waals surface area contributed by atoms with Gasteiger partial charge in [-0.2, -0.15) is 0 Å². The van der Waals surface area contributed by atoms with Crippen LogP contribution in [-0.4, -0.2) is 65.2 Å². The molecule has 0 radical (unpaired) electrons. The van der Waals surface area contributed by atoms with Gasteiger partial charge in [0.25, 0.3) is 0 Å². The second-order valence-electron chi connectivity index (χ2n) is 13.6. The lowest BCUT2D eigenvalue weighted by molar-refractivity contribution is -0.132. The fourth-order valence-electron chi connectivity index (χ4n) is 5.59. The summed E-state index contributed by atoms with van der Waals surface area (Å²) in [5, 5.41) is 27.7. The molecule has 8 nitrogen and oxygen atoms in total. The van der Waals surface area contributed by atoms with Gasteiger partial charge in [0.2, 0.25) is 11.8 Å². The number of aliphatic hydroxyl groups excluding tert-OH is 2. The van der Waals surface area contributed by atoms with Crippen LogP contribution in [0.4, 0.5) is 0 Å². The van der Waals surface area contributed by atoms with Gasteiger partial charge in [-0.25, -0.2) is 8.42 Å². The fraction of sp³-hybridized carbons (Fsp3) is 0.758. The molecule has 5 atom stereocenters. The van der Waals surface area contributed by atoms with Gasteiger partial charge in [0, 0.05) is 0 Å². The molecule has 0 unspecified atom stereocenters. The van der Waals surface area contributed by atoms with Crippen LogP contribution in [0.25, 0.3) is 0 Å². The highest BCUT2D eigenvalue weighted by Gasteiger charge is 2.37. The highest BCUT2D eigenvalue weighted by Crippen LogP contribution is 2.29. The van der Waals surface area contributed by atoms with E-state index in [1.165, 1.54) is 6.42 Å². The maximum Gasteiger partial charge on any atom is 0.242 e. The minimum atomic E-state index is -3.62. The van der Waals surface area contributed by atoms with Crippen molar-refractivity contribution < 1.29 is 28.2 Å². The average molecular weight is 609 g/mol. The van der Waals surface area contributed by atoms with Crippen molar-refractivity contribution in [2.75, 3.05) is 5.75 Å². The van der Waals surface area contributed by atoms with E-state index in [2.05, 4.69) is 10.6 Å². The molecule has 42 heavy (non-hydrogen) atoms. The van der Waals surface area contributed by atoms with Crippen molar-refractivity contribution in [3.05, 3.63) is 35.9 Å². The van der Waals surface area contributed by atoms with Crippen molar-refractivity contribution in [2.45, 2.75) is 135 Å². The number of unbranched alkanes of at least 4 members (excludes halogenated alkanes) is 1. The van der Waals surface area contributed by atoms with Gasteiger partial charge < -0.3 is 20.8 Å². The Morgan fingerprint density at radius 1 is 0.952 bits per heavy atom. The summed E-state index contributed by atoms with van der Waals surface area (Å²) in [6.45, 7) is 10.5. The molecule has 1 aliphatic carbocycles. The number of benzene rings is 1. The smallest absolute Gasteiger partial charge is 0.242 e. The standard InChI is InChI=1S/C33H56N2O6S/c1-7-8-19-27(32(39)35-28(30(37)29(36)23(2)3)21-25-17-13-10-14-18-25)34-31(38)26(20-24-15-11-9-12-16-24)22-42(40,41)33(4,5)6/h9,11-12,15-16,23,25-30,36-37H,7-8,10,13-14,17-22H2,1-6H3,(H,34,38)(H,35,39)/t26-,27+,28+,29+,30-/m1/s1. The van der Waals surface area contributed by atoms with Gasteiger partial charge in [-0.1, -0.05) is 96.0 Å². The van der Waals surface area contributed by atoms with E-state index in [1.807, 2.05) is 51.1 Å². The lowest BCUT2D eigenvalue weighted by Gasteiger charge is -2.34. The molecule has 2 amide bonds. The van der Waals surface area contributed by atoms with E-state index in [1.54, 1.807) is 20.8 Å². The molecule has 1 fully saturated rings. The average Bonchev–Trinajstić information content (AvgIpc) is 2.93. The van der Waals surface area contributed by atoms with Gasteiger partial charge in [0.1, 0.15) is 12.1 Å². The molecule has 0 aliphatic heterocycles. The van der Waals surface area contributed by atoms with Crippen molar-refractivity contribution in [3.8, 4) is 0 Å². The van der Waals surface area contributed by atoms with E-state index in [0.717, 1.165) is 37.7 Å². The minimum absolute atomic E-state index is 0.190. The largest absolute Gasteiger partial charge is 0.390 e. The van der Waals surface area contributed by atoms with E-state index >= 15 is 0 Å². The first-order valence-electron chi connectivity index (χ1n) is 15.9. The molecule has 4 N–H and O–H groups in total. The molecule has 2 rings (SSSR count). The van der Waals surface area contributed by atoms with E-state index in [-0.39, 0.29) is 18.1 Å². The number of sulfone groups is 1. The number of aliphatic hydroxyl groups is 2. The summed E-state index contributed by atoms with van der Waals surface area (Å²) in [6.07, 6.45) is 6.00. The molecular formula is C33H56N2O6S. The van der Waals surface area contributed by atoms with E-state index < -0.39 is 56.6 Å². The molecule has 0 saturated heterocycles. The Bertz CT molecular complexity index is 1060. The zero-order valence-corrected chi connectivity index (χ0v) is 27.5. The molecule has 1 aromatic carbocycles. The first-order valence-corrected chi connectivity index (χ1v) is 17.5. The van der Waals surface area contributed by atoms with Gasteiger partial charge >= 0.3 is 0 Å². The third-order valence-electron chi connectivity index (χ3n) is 8.61. The number of carbonyl (C=O) groups is 2. The van der Waals surface area contributed by atoms with Crippen LogP contribution in [0.1, 0.15) is 105 Å². The summed E-state index contributed by atoms with van der Waals surface area (Å²) >= 11 is 0. The predicted molar refractivity (Wildman–Crippen MR) is 169 cm³/mol. The van der Waals surface area contributed by atoms with Crippen LogP contribution in [0.2, 0.25) is 0 Å². The number of nitrogens with one attached hydrogen (secondary N) is 2. The number of rotatable bonds is 16. The molecule has 9 heteroatoms. The van der Waals surface area contributed by atoms with Crippen molar-refractivity contribution >= 4 is 21.7 Å². The summed E-state index contributed by atoms with van der Waals surface area (Å²) in [4.78, 5) is 27.4. The van der Waals surface area contributed by atoms with Crippen molar-refractivity contribution in [2.24, 2.45) is 17.8 Å². The van der Waals surface area contributed by atoms with Crippen LogP contribution < -0.4 is 10.6 Å². The van der Waals surface area contributed by atoms with Crippen molar-refractivity contribution in [3.63, 3.8) is 0 Å². The van der Waals surface area contributed by atoms with Gasteiger partial charge in [-0.3, -0.25) is 9.59 Å². The van der Waals surface area contributed by atoms with Crippen LogP contribution in [-0.2, 0) is 25.8 Å². The van der Waals surface area contributed by atoms with Gasteiger partial charge in [-0.15, -0.1) is 0 Å². The molecule has 240 valence electrons. The monoisotopic (exact) mass is 608 g/mol. The third-order valence-corrected chi connectivity index (χ3v) is 11.3. The summed E-state index contributed by atoms with van der Waals surface area (Å²) in [7, 11) is -3.62. The lowest BCUT2D eigenvalue weighted by Crippen LogP contribution is -2.56. The number of carbonyl (C=O) groups excluding carboxylic acids is 2. The lowest BCUT2D eigenvalue weighted by atomic mass is 9.82. The normalized spacial score (nSPS) is 18.6. The molecule has 1 aliphatic rings. The van der Waals surface area contributed by atoms with Gasteiger partial charge in [-0.05, 0) is 57.4 Å². The van der Waals surface area contributed by atoms with Crippen LogP contribution in [0, 0.1) is 17.8 Å². The van der Waals surface area contributed by atoms with E-state index in [4.69, 9.17) is 0 Å². The summed E-state index contributed by atoms with van der Waals surface area (Å²) in [6, 6.07) is 7.76. The second-order valence-corrected chi connectivity index (χ2v) is 16.4. The second kappa shape index (κ2) is 16.8. The highest BCUT2D eigenvalue weighted by atomic mass is 32.2. The fourth-order valence-corrected chi connectivity index (χ4v) is 6.89. The Hall–Kier alpha value is -1.97. The SMILES string of the molecule is CCCC[C@H](NC(=O)[C@H](Cc1ccccc1)CS(=O)(=O)C(C)(C)C)C(=O)N[C@@H](CC1CCCCC1)[C@@H](O)[C@@H](O)C(C)C. The zero-order valence-electron chi connectivity index (χ0n) is 26.6. The van der Waals surface area contributed by atoms with Crippen LogP contribution in [0.5, 0.6) is 0 Å². The van der Waals surface area contributed by atoms with E-state index in [9.17, 15) is 28.2 Å². The quantitative estimate of drug-likeness (QED) is 0.217. The van der Waals surface area contributed by atoms with Gasteiger partial charge in [0.05, 0.1) is 28.6 Å². The molecular weight excluding hydrogens is 552 g/mol. The summed E-state index contributed by atoms with van der Waals surface area (Å²) in [5.41, 5.74) is 0.842. The van der Waals surface area contributed by atoms with Crippen LogP contribution in [0.15, 0.2) is 30.3 Å². The number of amides is 2. The summed E-state index contributed by atoms with van der Waals surface area (Å²) in [5.74, 6) is -1.94. The number of hydrogen-bond acceptors (Lipinski definition) is 6. The Morgan fingerprint density at radius 2 is 1.57 bits per heavy atom. The Labute approximate surface area is 254 Å². The maximum absolute atomic E-state index is 13.7. The highest BCUT2D eigenvalue weighted by molar-refractivity contribution is 7.92. The summed E-state index contributed by atoms with van der Waals surface area (Å²) < 4.78 is 25.3. The maximum atomic E-state index is 13.7. The Morgan fingerprint density at radius 3 is 2.12 bits per heavy atom. The van der Waals surface area contributed by atoms with E-state index in [0.29, 0.717) is 25.2 Å². The van der Waals surface area contributed by atoms with Crippen molar-refractivity contribution in [1.29, 1.82) is 0 Å². The van der Waals surface area contributed by atoms with Gasteiger partial charge in [0.15, 0.2) is 9.84 Å². The predicted octanol–water partition coefficient (Wildman–Crippen LogP) is 4.57. The molecule has 0 aromatic heterocycles. The zero-order chi connectivity index (χ0) is 31.5. The first-order chi connectivity index (χ1) is 19.7. The Kier molecular flexibility index (Phi) is 14.5. The molecule has 1 aromatic rings. The third kappa shape index (κ3) is 11.3. The van der Waals surface area contributed by atoms with Crippen LogP contribution in [0.3, 0.4) is 0 Å². The molecule has 0 bridgehead atoms. The topological polar surface area (TPSA) is 133 Å². The minimum Gasteiger partial charge on any atom is -0.390 e. The van der Waals surface area contributed by atoms with Crippen LogP contribution >= 0.6 is 0 Å².